The molecule has 1 unspecified atom stereocenters. The van der Waals surface area contributed by atoms with Crippen molar-refractivity contribution in [2.24, 2.45) is 0 Å². The molecule has 0 saturated heterocycles. The van der Waals surface area contributed by atoms with Crippen LogP contribution in [0.3, 0.4) is 0 Å². The molecule has 1 rings (SSSR count). The highest BCUT2D eigenvalue weighted by Crippen LogP contribution is 2.35. The summed E-state index contributed by atoms with van der Waals surface area (Å²) >= 11 is 0. The topological polar surface area (TPSA) is 95.7 Å². The molecule has 21 heavy (non-hydrogen) atoms. The Morgan fingerprint density at radius 2 is 2.05 bits per heavy atom. The van der Waals surface area contributed by atoms with Gasteiger partial charge in [0.15, 0.2) is 0 Å². The zero-order chi connectivity index (χ0) is 16.2. The lowest BCUT2D eigenvalue weighted by molar-refractivity contribution is -0.385. The van der Waals surface area contributed by atoms with E-state index in [1.165, 1.54) is 13.0 Å². The van der Waals surface area contributed by atoms with Gasteiger partial charge in [0.1, 0.15) is 10.6 Å². The number of nitro benzene ring substituents is 1. The van der Waals surface area contributed by atoms with Gasteiger partial charge in [-0.1, -0.05) is 0 Å². The van der Waals surface area contributed by atoms with E-state index in [1.54, 1.807) is 14.0 Å². The fraction of sp³-hybridized carbons (Fsp3) is 0.500. The number of hydrogen-bond acceptors (Lipinski definition) is 6. The average Bonchev–Trinajstić information content (AvgIpc) is 2.36. The lowest BCUT2D eigenvalue weighted by Gasteiger charge is -2.18. The molecule has 0 saturated carbocycles. The van der Waals surface area contributed by atoms with E-state index in [2.05, 4.69) is 0 Å². The molecule has 1 aromatic rings. The quantitative estimate of drug-likeness (QED) is 0.431. The molecule has 0 fully saturated rings. The van der Waals surface area contributed by atoms with E-state index < -0.39 is 18.9 Å². The van der Waals surface area contributed by atoms with Crippen LogP contribution in [0.2, 0.25) is 0 Å². The molecule has 7 nitrogen and oxygen atoms in total. The standard InChI is InChI=1S/C12H16ClNO6S/c1-8-6-10(14(15)16)7-11(21(13,17)18)12(8)20-9(2)4-5-19-3/h6-7,9H,4-5H2,1-3H3. The van der Waals surface area contributed by atoms with Crippen molar-refractivity contribution in [1.29, 1.82) is 0 Å². The molecular weight excluding hydrogens is 322 g/mol. The van der Waals surface area contributed by atoms with E-state index in [4.69, 9.17) is 20.2 Å². The van der Waals surface area contributed by atoms with Crippen molar-refractivity contribution in [1.82, 2.24) is 0 Å². The van der Waals surface area contributed by atoms with Gasteiger partial charge in [0.25, 0.3) is 14.7 Å². The largest absolute Gasteiger partial charge is 0.489 e. The number of methoxy groups -OCH3 is 1. The molecular formula is C12H16ClNO6S. The van der Waals surface area contributed by atoms with Crippen LogP contribution in [0.25, 0.3) is 0 Å². The first-order chi connectivity index (χ1) is 9.66. The van der Waals surface area contributed by atoms with E-state index in [1.807, 2.05) is 0 Å². The Bertz CT molecular complexity index is 631. The molecule has 0 aromatic heterocycles. The average molecular weight is 338 g/mol. The summed E-state index contributed by atoms with van der Waals surface area (Å²) in [6.45, 7) is 3.71. The third kappa shape index (κ3) is 4.83. The predicted molar refractivity (Wildman–Crippen MR) is 77.5 cm³/mol. The van der Waals surface area contributed by atoms with Gasteiger partial charge < -0.3 is 9.47 Å². The van der Waals surface area contributed by atoms with Gasteiger partial charge in [0.2, 0.25) is 0 Å². The van der Waals surface area contributed by atoms with Crippen LogP contribution in [-0.4, -0.2) is 33.2 Å². The van der Waals surface area contributed by atoms with Crippen LogP contribution in [-0.2, 0) is 13.8 Å². The smallest absolute Gasteiger partial charge is 0.271 e. The molecule has 0 heterocycles. The Morgan fingerprint density at radius 1 is 1.43 bits per heavy atom. The lowest BCUT2D eigenvalue weighted by atomic mass is 10.2. The van der Waals surface area contributed by atoms with Gasteiger partial charge in [-0.05, 0) is 19.4 Å². The summed E-state index contributed by atoms with van der Waals surface area (Å²) in [4.78, 5) is 9.73. The van der Waals surface area contributed by atoms with Crippen LogP contribution >= 0.6 is 10.7 Å². The molecule has 1 atom stereocenters. The Labute approximate surface area is 127 Å². The zero-order valence-electron chi connectivity index (χ0n) is 11.8. The minimum atomic E-state index is -4.17. The fourth-order valence-corrected chi connectivity index (χ4v) is 2.74. The van der Waals surface area contributed by atoms with Gasteiger partial charge in [-0.25, -0.2) is 8.42 Å². The van der Waals surface area contributed by atoms with E-state index in [0.29, 0.717) is 18.6 Å². The van der Waals surface area contributed by atoms with Gasteiger partial charge in [-0.3, -0.25) is 10.1 Å². The highest BCUT2D eigenvalue weighted by atomic mass is 35.7. The molecule has 0 aliphatic heterocycles. The van der Waals surface area contributed by atoms with Crippen molar-refractivity contribution in [3.05, 3.63) is 27.8 Å². The minimum Gasteiger partial charge on any atom is -0.489 e. The molecule has 0 N–H and O–H groups in total. The molecule has 118 valence electrons. The molecule has 0 aliphatic carbocycles. The number of nitrogens with zero attached hydrogens (tertiary/aromatic N) is 1. The summed E-state index contributed by atoms with van der Waals surface area (Å²) < 4.78 is 33.7. The Hall–Kier alpha value is -1.38. The highest BCUT2D eigenvalue weighted by Gasteiger charge is 2.25. The number of benzene rings is 1. The third-order valence-electron chi connectivity index (χ3n) is 2.75. The fourth-order valence-electron chi connectivity index (χ4n) is 1.70. The Morgan fingerprint density at radius 3 is 2.52 bits per heavy atom. The van der Waals surface area contributed by atoms with Gasteiger partial charge in [-0.15, -0.1) is 0 Å². The molecule has 1 aromatic carbocycles. The van der Waals surface area contributed by atoms with Crippen LogP contribution in [0.4, 0.5) is 5.69 Å². The van der Waals surface area contributed by atoms with E-state index in [0.717, 1.165) is 6.07 Å². The van der Waals surface area contributed by atoms with Gasteiger partial charge in [-0.2, -0.15) is 0 Å². The Kier molecular flexibility index (Phi) is 5.94. The van der Waals surface area contributed by atoms with Crippen LogP contribution in [0.15, 0.2) is 17.0 Å². The number of non-ortho nitro benzene ring substituents is 1. The maximum Gasteiger partial charge on any atom is 0.271 e. The van der Waals surface area contributed by atoms with Crippen LogP contribution < -0.4 is 4.74 Å². The second kappa shape index (κ2) is 7.06. The van der Waals surface area contributed by atoms with Crippen molar-refractivity contribution < 1.29 is 22.8 Å². The predicted octanol–water partition coefficient (Wildman–Crippen LogP) is 2.63. The van der Waals surface area contributed by atoms with Gasteiger partial charge >= 0.3 is 0 Å². The molecule has 0 amide bonds. The van der Waals surface area contributed by atoms with Crippen molar-refractivity contribution >= 4 is 25.4 Å². The molecule has 0 aliphatic rings. The number of hydrogen-bond donors (Lipinski definition) is 0. The van der Waals surface area contributed by atoms with Crippen LogP contribution in [0.5, 0.6) is 5.75 Å². The Balaban J connectivity index is 3.27. The minimum absolute atomic E-state index is 0.0270. The summed E-state index contributed by atoms with van der Waals surface area (Å²) in [5, 5.41) is 10.8. The summed E-state index contributed by atoms with van der Waals surface area (Å²) in [6.07, 6.45) is 0.205. The van der Waals surface area contributed by atoms with E-state index in [-0.39, 0.29) is 17.5 Å². The van der Waals surface area contributed by atoms with Gasteiger partial charge in [0, 0.05) is 43.0 Å². The molecule has 9 heteroatoms. The first kappa shape index (κ1) is 17.7. The first-order valence-electron chi connectivity index (χ1n) is 6.06. The van der Waals surface area contributed by atoms with E-state index >= 15 is 0 Å². The van der Waals surface area contributed by atoms with Crippen molar-refractivity contribution in [2.75, 3.05) is 13.7 Å². The normalized spacial score (nSPS) is 13.0. The zero-order valence-corrected chi connectivity index (χ0v) is 13.4. The highest BCUT2D eigenvalue weighted by molar-refractivity contribution is 8.13. The SMILES string of the molecule is COCCC(C)Oc1c(C)cc([N+](=O)[O-])cc1S(=O)(=O)Cl. The summed E-state index contributed by atoms with van der Waals surface area (Å²) in [7, 11) is 2.72. The van der Waals surface area contributed by atoms with E-state index in [9.17, 15) is 18.5 Å². The molecule has 0 spiro atoms. The monoisotopic (exact) mass is 337 g/mol. The van der Waals surface area contributed by atoms with Crippen LogP contribution in [0.1, 0.15) is 18.9 Å². The molecule has 0 bridgehead atoms. The van der Waals surface area contributed by atoms with Crippen molar-refractivity contribution in [3.63, 3.8) is 0 Å². The third-order valence-corrected chi connectivity index (χ3v) is 4.07. The first-order valence-corrected chi connectivity index (χ1v) is 8.37. The summed E-state index contributed by atoms with van der Waals surface area (Å²) in [5.74, 6) is 0.0270. The second-order valence-corrected chi connectivity index (χ2v) is 7.03. The number of halogens is 1. The maximum absolute atomic E-state index is 11.6. The van der Waals surface area contributed by atoms with Crippen molar-refractivity contribution in [3.8, 4) is 5.75 Å². The number of nitro groups is 1. The van der Waals surface area contributed by atoms with Crippen LogP contribution in [0, 0.1) is 17.0 Å². The number of aryl methyl sites for hydroxylation is 1. The summed E-state index contributed by atoms with van der Waals surface area (Å²) in [6, 6.07) is 2.14. The second-order valence-electron chi connectivity index (χ2n) is 4.49. The number of rotatable bonds is 7. The van der Waals surface area contributed by atoms with Gasteiger partial charge in [0.05, 0.1) is 11.0 Å². The lowest BCUT2D eigenvalue weighted by Crippen LogP contribution is -2.16. The maximum atomic E-state index is 11.6. The number of ether oxygens (including phenoxy) is 2. The van der Waals surface area contributed by atoms with Crippen molar-refractivity contribution in [2.45, 2.75) is 31.3 Å². The molecule has 0 radical (unpaired) electrons. The summed E-state index contributed by atoms with van der Waals surface area (Å²) in [5.41, 5.74) is -0.0312.